The van der Waals surface area contributed by atoms with Gasteiger partial charge in [0.2, 0.25) is 0 Å². The summed E-state index contributed by atoms with van der Waals surface area (Å²) in [6.45, 7) is 3.80. The number of nitrogens with zero attached hydrogens (tertiary/aromatic N) is 1. The third-order valence-electron chi connectivity index (χ3n) is 2.69. The van der Waals surface area contributed by atoms with Gasteiger partial charge in [-0.3, -0.25) is 0 Å². The zero-order chi connectivity index (χ0) is 11.4. The highest BCUT2D eigenvalue weighted by Gasteiger charge is 2.21. The molecule has 2 rings (SSSR count). The monoisotopic (exact) mass is 229 g/mol. The summed E-state index contributed by atoms with van der Waals surface area (Å²) in [5.74, 6) is 0. The summed E-state index contributed by atoms with van der Waals surface area (Å²) < 4.78 is 0. The third kappa shape index (κ3) is 2.22. The van der Waals surface area contributed by atoms with Crippen LogP contribution in [-0.2, 0) is 0 Å². The van der Waals surface area contributed by atoms with Gasteiger partial charge in [-0.05, 0) is 18.6 Å². The SMILES string of the molecule is C=CCC1C=CCC(=S)N1c1ccccc1. The maximum absolute atomic E-state index is 5.44. The molecule has 1 aliphatic rings. The lowest BCUT2D eigenvalue weighted by molar-refractivity contribution is 0.795. The molecule has 0 spiro atoms. The fourth-order valence-corrected chi connectivity index (χ4v) is 2.31. The van der Waals surface area contributed by atoms with E-state index in [0.717, 1.165) is 17.8 Å². The smallest absolute Gasteiger partial charge is 0.0867 e. The second kappa shape index (κ2) is 5.08. The minimum absolute atomic E-state index is 0.321. The van der Waals surface area contributed by atoms with Crippen molar-refractivity contribution in [3.63, 3.8) is 0 Å². The number of hydrogen-bond donors (Lipinski definition) is 0. The Kier molecular flexibility index (Phi) is 3.52. The molecule has 1 heterocycles. The third-order valence-corrected chi connectivity index (χ3v) is 3.06. The van der Waals surface area contributed by atoms with E-state index in [9.17, 15) is 0 Å². The standard InChI is InChI=1S/C14H15NS/c1-2-7-12-10-6-11-14(16)15(12)13-8-4-3-5-9-13/h2-6,8-10,12H,1,7,11H2. The minimum atomic E-state index is 0.321. The van der Waals surface area contributed by atoms with E-state index >= 15 is 0 Å². The van der Waals surface area contributed by atoms with Gasteiger partial charge in [-0.1, -0.05) is 48.6 Å². The van der Waals surface area contributed by atoms with Gasteiger partial charge in [0.05, 0.1) is 11.0 Å². The Morgan fingerprint density at radius 1 is 1.38 bits per heavy atom. The molecule has 0 saturated heterocycles. The summed E-state index contributed by atoms with van der Waals surface area (Å²) in [5, 5.41) is 0. The Balaban J connectivity index is 2.31. The van der Waals surface area contributed by atoms with Crippen LogP contribution in [0.2, 0.25) is 0 Å². The summed E-state index contributed by atoms with van der Waals surface area (Å²) in [6.07, 6.45) is 8.09. The summed E-state index contributed by atoms with van der Waals surface area (Å²) >= 11 is 5.44. The van der Waals surface area contributed by atoms with Crippen LogP contribution in [0.4, 0.5) is 5.69 Å². The first-order valence-corrected chi connectivity index (χ1v) is 5.88. The van der Waals surface area contributed by atoms with Crippen LogP contribution in [0.5, 0.6) is 0 Å². The van der Waals surface area contributed by atoms with Gasteiger partial charge in [-0.25, -0.2) is 0 Å². The Labute approximate surface area is 102 Å². The van der Waals surface area contributed by atoms with E-state index in [-0.39, 0.29) is 0 Å². The average Bonchev–Trinajstić information content (AvgIpc) is 2.31. The van der Waals surface area contributed by atoms with Gasteiger partial charge in [0.15, 0.2) is 0 Å². The van der Waals surface area contributed by atoms with Crippen molar-refractivity contribution in [2.45, 2.75) is 18.9 Å². The highest BCUT2D eigenvalue weighted by Crippen LogP contribution is 2.24. The summed E-state index contributed by atoms with van der Waals surface area (Å²) in [7, 11) is 0. The molecule has 1 nitrogen and oxygen atoms in total. The largest absolute Gasteiger partial charge is 0.329 e. The molecular weight excluding hydrogens is 214 g/mol. The van der Waals surface area contributed by atoms with Gasteiger partial charge in [0, 0.05) is 12.1 Å². The van der Waals surface area contributed by atoms with Crippen molar-refractivity contribution in [2.75, 3.05) is 4.90 Å². The fourth-order valence-electron chi connectivity index (χ4n) is 1.97. The van der Waals surface area contributed by atoms with Crippen LogP contribution < -0.4 is 4.90 Å². The highest BCUT2D eigenvalue weighted by atomic mass is 32.1. The first kappa shape index (κ1) is 11.1. The van der Waals surface area contributed by atoms with Crippen LogP contribution in [0.25, 0.3) is 0 Å². The van der Waals surface area contributed by atoms with Crippen molar-refractivity contribution in [1.82, 2.24) is 0 Å². The van der Waals surface area contributed by atoms with E-state index in [0.29, 0.717) is 6.04 Å². The molecule has 0 radical (unpaired) electrons. The highest BCUT2D eigenvalue weighted by molar-refractivity contribution is 7.80. The summed E-state index contributed by atoms with van der Waals surface area (Å²) in [4.78, 5) is 3.21. The lowest BCUT2D eigenvalue weighted by atomic mass is 10.1. The summed E-state index contributed by atoms with van der Waals surface area (Å²) in [6, 6.07) is 10.6. The average molecular weight is 229 g/mol. The summed E-state index contributed by atoms with van der Waals surface area (Å²) in [5.41, 5.74) is 1.17. The molecule has 1 aliphatic heterocycles. The zero-order valence-corrected chi connectivity index (χ0v) is 9.99. The van der Waals surface area contributed by atoms with E-state index in [1.54, 1.807) is 0 Å². The predicted octanol–water partition coefficient (Wildman–Crippen LogP) is 3.73. The van der Waals surface area contributed by atoms with E-state index in [2.05, 4.69) is 35.8 Å². The van der Waals surface area contributed by atoms with Crippen LogP contribution >= 0.6 is 12.2 Å². The Morgan fingerprint density at radius 3 is 2.81 bits per heavy atom. The molecule has 0 N–H and O–H groups in total. The lowest BCUT2D eigenvalue weighted by Gasteiger charge is -2.34. The lowest BCUT2D eigenvalue weighted by Crippen LogP contribution is -2.40. The first-order valence-electron chi connectivity index (χ1n) is 5.47. The van der Waals surface area contributed by atoms with E-state index < -0.39 is 0 Å². The number of benzene rings is 1. The fraction of sp³-hybridized carbons (Fsp3) is 0.214. The Bertz CT molecular complexity index is 408. The normalized spacial score (nSPS) is 19.9. The Morgan fingerprint density at radius 2 is 2.12 bits per heavy atom. The van der Waals surface area contributed by atoms with Gasteiger partial charge in [0.1, 0.15) is 0 Å². The van der Waals surface area contributed by atoms with Crippen molar-refractivity contribution >= 4 is 22.9 Å². The molecule has 0 saturated carbocycles. The van der Waals surface area contributed by atoms with E-state index in [4.69, 9.17) is 12.2 Å². The van der Waals surface area contributed by atoms with Crippen molar-refractivity contribution in [3.8, 4) is 0 Å². The topological polar surface area (TPSA) is 3.24 Å². The molecule has 0 fully saturated rings. The Hall–Kier alpha value is -1.41. The van der Waals surface area contributed by atoms with Crippen molar-refractivity contribution in [1.29, 1.82) is 0 Å². The van der Waals surface area contributed by atoms with Crippen molar-refractivity contribution in [2.24, 2.45) is 0 Å². The van der Waals surface area contributed by atoms with E-state index in [1.165, 1.54) is 5.69 Å². The molecule has 1 aromatic rings. The second-order valence-electron chi connectivity index (χ2n) is 3.82. The van der Waals surface area contributed by atoms with Crippen LogP contribution in [0, 0.1) is 0 Å². The van der Waals surface area contributed by atoms with Gasteiger partial charge in [-0.15, -0.1) is 6.58 Å². The molecule has 1 atom stereocenters. The number of thiocarbonyl (C=S) groups is 1. The van der Waals surface area contributed by atoms with E-state index in [1.807, 2.05) is 24.3 Å². The van der Waals surface area contributed by atoms with Crippen LogP contribution in [-0.4, -0.2) is 11.0 Å². The van der Waals surface area contributed by atoms with Crippen molar-refractivity contribution in [3.05, 3.63) is 55.1 Å². The molecule has 16 heavy (non-hydrogen) atoms. The molecule has 0 aromatic heterocycles. The number of rotatable bonds is 3. The second-order valence-corrected chi connectivity index (χ2v) is 4.29. The van der Waals surface area contributed by atoms with Gasteiger partial charge < -0.3 is 4.90 Å². The molecule has 1 aromatic carbocycles. The quantitative estimate of drug-likeness (QED) is 0.574. The molecule has 2 heteroatoms. The first-order chi connectivity index (χ1) is 7.83. The molecule has 82 valence electrons. The molecule has 0 aliphatic carbocycles. The van der Waals surface area contributed by atoms with Gasteiger partial charge in [-0.2, -0.15) is 0 Å². The molecule has 1 unspecified atom stereocenters. The number of anilines is 1. The maximum Gasteiger partial charge on any atom is 0.0867 e. The van der Waals surface area contributed by atoms with Gasteiger partial charge >= 0.3 is 0 Å². The zero-order valence-electron chi connectivity index (χ0n) is 9.17. The molecule has 0 amide bonds. The predicted molar refractivity (Wildman–Crippen MR) is 73.9 cm³/mol. The number of hydrogen-bond acceptors (Lipinski definition) is 1. The van der Waals surface area contributed by atoms with Crippen LogP contribution in [0.3, 0.4) is 0 Å². The molecule has 0 bridgehead atoms. The van der Waals surface area contributed by atoms with Gasteiger partial charge in [0.25, 0.3) is 0 Å². The minimum Gasteiger partial charge on any atom is -0.329 e. The van der Waals surface area contributed by atoms with Crippen molar-refractivity contribution < 1.29 is 0 Å². The number of para-hydroxylation sites is 1. The van der Waals surface area contributed by atoms with Crippen LogP contribution in [0.15, 0.2) is 55.1 Å². The van der Waals surface area contributed by atoms with Crippen LogP contribution in [0.1, 0.15) is 12.8 Å². The maximum atomic E-state index is 5.44. The molecular formula is C14H15NS.